The van der Waals surface area contributed by atoms with Crippen LogP contribution in [0.25, 0.3) is 0 Å². The Morgan fingerprint density at radius 3 is 2.81 bits per heavy atom. The van der Waals surface area contributed by atoms with Crippen LogP contribution in [0.2, 0.25) is 0 Å². The standard InChI is InChI=1S/C13H16BrNS/c1-3-11-4-5-12(8-13(11)14)10(2)6-7-16-9-15/h4-5,8,10H,3,6-7H2,1-2H3. The largest absolute Gasteiger partial charge is 0.185 e. The fraction of sp³-hybridized carbons (Fsp3) is 0.462. The molecule has 0 fully saturated rings. The molecule has 0 saturated carbocycles. The molecule has 0 amide bonds. The molecular formula is C13H16BrNS. The van der Waals surface area contributed by atoms with Crippen LogP contribution in [0.5, 0.6) is 0 Å². The molecule has 0 bridgehead atoms. The first kappa shape index (κ1) is 13.6. The van der Waals surface area contributed by atoms with E-state index in [1.807, 2.05) is 0 Å². The molecule has 0 aromatic heterocycles. The van der Waals surface area contributed by atoms with Crippen molar-refractivity contribution in [1.82, 2.24) is 0 Å². The lowest BCUT2D eigenvalue weighted by atomic mass is 9.97. The van der Waals surface area contributed by atoms with Crippen molar-refractivity contribution in [3.63, 3.8) is 0 Å². The van der Waals surface area contributed by atoms with E-state index in [4.69, 9.17) is 5.26 Å². The van der Waals surface area contributed by atoms with Gasteiger partial charge < -0.3 is 0 Å². The summed E-state index contributed by atoms with van der Waals surface area (Å²) in [6, 6.07) is 6.60. The summed E-state index contributed by atoms with van der Waals surface area (Å²) in [7, 11) is 0. The molecular weight excluding hydrogens is 282 g/mol. The average molecular weight is 298 g/mol. The van der Waals surface area contributed by atoms with E-state index in [-0.39, 0.29) is 0 Å². The number of hydrogen-bond donors (Lipinski definition) is 0. The van der Waals surface area contributed by atoms with Gasteiger partial charge in [0.15, 0.2) is 0 Å². The molecule has 1 aromatic rings. The van der Waals surface area contributed by atoms with Gasteiger partial charge in [-0.05, 0) is 47.7 Å². The van der Waals surface area contributed by atoms with Crippen molar-refractivity contribution in [1.29, 1.82) is 5.26 Å². The Morgan fingerprint density at radius 2 is 2.25 bits per heavy atom. The fourth-order valence-electron chi connectivity index (χ4n) is 1.60. The van der Waals surface area contributed by atoms with E-state index < -0.39 is 0 Å². The second-order valence-corrected chi connectivity index (χ2v) is 5.57. The first-order valence-corrected chi connectivity index (χ1v) is 7.26. The Kier molecular flexibility index (Phi) is 5.94. The number of hydrogen-bond acceptors (Lipinski definition) is 2. The highest BCUT2D eigenvalue weighted by molar-refractivity contribution is 9.10. The molecule has 1 unspecified atom stereocenters. The topological polar surface area (TPSA) is 23.8 Å². The van der Waals surface area contributed by atoms with Crippen molar-refractivity contribution in [2.45, 2.75) is 32.6 Å². The number of aryl methyl sites for hydroxylation is 1. The SMILES string of the molecule is CCc1ccc(C(C)CCSC#N)cc1Br. The number of rotatable bonds is 5. The highest BCUT2D eigenvalue weighted by atomic mass is 79.9. The van der Waals surface area contributed by atoms with Gasteiger partial charge in [0, 0.05) is 10.2 Å². The maximum Gasteiger partial charge on any atom is 0.133 e. The minimum Gasteiger partial charge on any atom is -0.185 e. The quantitative estimate of drug-likeness (QED) is 0.580. The number of thioether (sulfide) groups is 1. The predicted octanol–water partition coefficient (Wildman–Crippen LogP) is 4.72. The molecule has 0 saturated heterocycles. The lowest BCUT2D eigenvalue weighted by Gasteiger charge is -2.12. The molecule has 1 aromatic carbocycles. The van der Waals surface area contributed by atoms with Crippen LogP contribution in [0.4, 0.5) is 0 Å². The number of halogens is 1. The smallest absolute Gasteiger partial charge is 0.133 e. The summed E-state index contributed by atoms with van der Waals surface area (Å²) >= 11 is 4.94. The zero-order valence-corrected chi connectivity index (χ0v) is 12.1. The third-order valence-corrected chi connectivity index (χ3v) is 4.05. The van der Waals surface area contributed by atoms with Gasteiger partial charge in [0.1, 0.15) is 5.40 Å². The van der Waals surface area contributed by atoms with Crippen LogP contribution in [0, 0.1) is 10.7 Å². The summed E-state index contributed by atoms with van der Waals surface area (Å²) < 4.78 is 1.20. The van der Waals surface area contributed by atoms with Crippen molar-refractivity contribution >= 4 is 27.7 Å². The number of nitriles is 1. The second-order valence-electron chi connectivity index (χ2n) is 3.83. The molecule has 1 rings (SSSR count). The molecule has 1 atom stereocenters. The normalized spacial score (nSPS) is 12.1. The van der Waals surface area contributed by atoms with Gasteiger partial charge in [0.25, 0.3) is 0 Å². The molecule has 1 nitrogen and oxygen atoms in total. The van der Waals surface area contributed by atoms with Crippen molar-refractivity contribution in [2.75, 3.05) is 5.75 Å². The molecule has 0 aliphatic carbocycles. The minimum atomic E-state index is 0.517. The summed E-state index contributed by atoms with van der Waals surface area (Å²) in [5, 5.41) is 10.6. The van der Waals surface area contributed by atoms with Gasteiger partial charge in [-0.25, -0.2) is 0 Å². The van der Waals surface area contributed by atoms with E-state index >= 15 is 0 Å². The van der Waals surface area contributed by atoms with Crippen molar-refractivity contribution < 1.29 is 0 Å². The maximum atomic E-state index is 8.47. The summed E-state index contributed by atoms with van der Waals surface area (Å²) in [4.78, 5) is 0. The maximum absolute atomic E-state index is 8.47. The lowest BCUT2D eigenvalue weighted by molar-refractivity contribution is 0.740. The molecule has 0 heterocycles. The van der Waals surface area contributed by atoms with Crippen LogP contribution in [0.3, 0.4) is 0 Å². The fourth-order valence-corrected chi connectivity index (χ4v) is 2.84. The zero-order chi connectivity index (χ0) is 12.0. The molecule has 0 aliphatic rings. The second kappa shape index (κ2) is 6.98. The third-order valence-electron chi connectivity index (χ3n) is 2.74. The predicted molar refractivity (Wildman–Crippen MR) is 74.6 cm³/mol. The van der Waals surface area contributed by atoms with Gasteiger partial charge >= 0.3 is 0 Å². The van der Waals surface area contributed by atoms with E-state index in [1.54, 1.807) is 0 Å². The summed E-state index contributed by atoms with van der Waals surface area (Å²) in [5.41, 5.74) is 2.70. The van der Waals surface area contributed by atoms with E-state index in [2.05, 4.69) is 53.4 Å². The van der Waals surface area contributed by atoms with Crippen molar-refractivity contribution in [3.8, 4) is 5.40 Å². The van der Waals surface area contributed by atoms with E-state index in [0.29, 0.717) is 5.92 Å². The van der Waals surface area contributed by atoms with Crippen LogP contribution in [0.15, 0.2) is 22.7 Å². The number of benzene rings is 1. The van der Waals surface area contributed by atoms with Gasteiger partial charge in [0.05, 0.1) is 0 Å². The van der Waals surface area contributed by atoms with Gasteiger partial charge in [-0.1, -0.05) is 41.9 Å². The minimum absolute atomic E-state index is 0.517. The first-order valence-electron chi connectivity index (χ1n) is 5.48. The van der Waals surface area contributed by atoms with Crippen LogP contribution >= 0.6 is 27.7 Å². The Balaban J connectivity index is 2.66. The molecule has 0 spiro atoms. The molecule has 0 radical (unpaired) electrons. The van der Waals surface area contributed by atoms with Gasteiger partial charge in [-0.2, -0.15) is 5.26 Å². The Labute approximate surface area is 110 Å². The van der Waals surface area contributed by atoms with Gasteiger partial charge in [0.2, 0.25) is 0 Å². The zero-order valence-electron chi connectivity index (χ0n) is 9.66. The van der Waals surface area contributed by atoms with Crippen LogP contribution < -0.4 is 0 Å². The van der Waals surface area contributed by atoms with Crippen molar-refractivity contribution in [2.24, 2.45) is 0 Å². The van der Waals surface area contributed by atoms with Gasteiger partial charge in [-0.15, -0.1) is 0 Å². The Hall–Kier alpha value is -0.460. The summed E-state index contributed by atoms with van der Waals surface area (Å²) in [6.45, 7) is 4.37. The molecule has 0 aliphatic heterocycles. The van der Waals surface area contributed by atoms with Gasteiger partial charge in [-0.3, -0.25) is 0 Å². The summed E-state index contributed by atoms with van der Waals surface area (Å²) in [5.74, 6) is 1.42. The number of thiocyanates is 1. The van der Waals surface area contributed by atoms with E-state index in [1.165, 1.54) is 27.4 Å². The van der Waals surface area contributed by atoms with Crippen molar-refractivity contribution in [3.05, 3.63) is 33.8 Å². The van der Waals surface area contributed by atoms with Crippen LogP contribution in [0.1, 0.15) is 37.3 Å². The lowest BCUT2D eigenvalue weighted by Crippen LogP contribution is -1.96. The van der Waals surface area contributed by atoms with Crippen LogP contribution in [-0.4, -0.2) is 5.75 Å². The average Bonchev–Trinajstić information content (AvgIpc) is 2.29. The summed E-state index contributed by atoms with van der Waals surface area (Å²) in [6.07, 6.45) is 2.11. The monoisotopic (exact) mass is 297 g/mol. The first-order chi connectivity index (χ1) is 7.69. The Bertz CT molecular complexity index is 384. The molecule has 16 heavy (non-hydrogen) atoms. The highest BCUT2D eigenvalue weighted by Crippen LogP contribution is 2.26. The number of nitrogens with zero attached hydrogens (tertiary/aromatic N) is 1. The molecule has 0 N–H and O–H groups in total. The molecule has 3 heteroatoms. The van der Waals surface area contributed by atoms with Crippen LogP contribution in [-0.2, 0) is 6.42 Å². The van der Waals surface area contributed by atoms with E-state index in [9.17, 15) is 0 Å². The molecule has 86 valence electrons. The Morgan fingerprint density at radius 1 is 1.50 bits per heavy atom. The van der Waals surface area contributed by atoms with E-state index in [0.717, 1.165) is 18.6 Å². The highest BCUT2D eigenvalue weighted by Gasteiger charge is 2.07. The third kappa shape index (κ3) is 3.84.